The molecule has 5 nitrogen and oxygen atoms in total. The van der Waals surface area contributed by atoms with Crippen molar-refractivity contribution in [3.8, 4) is 23.8 Å². The van der Waals surface area contributed by atoms with Crippen molar-refractivity contribution in [3.63, 3.8) is 0 Å². The third kappa shape index (κ3) is 9.28. The number of halogens is 4. The van der Waals surface area contributed by atoms with Gasteiger partial charge in [-0.1, -0.05) is 12.0 Å². The predicted molar refractivity (Wildman–Crippen MR) is 102 cm³/mol. The minimum absolute atomic E-state index is 0. The highest BCUT2D eigenvalue weighted by Gasteiger charge is 2.29. The molecule has 2 N–H and O–H groups in total. The molecule has 25 heavy (non-hydrogen) atoms. The van der Waals surface area contributed by atoms with E-state index in [1.807, 2.05) is 6.92 Å². The van der Waals surface area contributed by atoms with Crippen LogP contribution < -0.4 is 20.1 Å². The van der Waals surface area contributed by atoms with Crippen molar-refractivity contribution < 1.29 is 22.6 Å². The van der Waals surface area contributed by atoms with Crippen molar-refractivity contribution in [3.05, 3.63) is 23.8 Å². The summed E-state index contributed by atoms with van der Waals surface area (Å²) < 4.78 is 46.5. The molecule has 0 saturated carbocycles. The first kappa shape index (κ1) is 23.2. The molecule has 0 aliphatic heterocycles. The number of ether oxygens (including phenoxy) is 2. The van der Waals surface area contributed by atoms with E-state index in [9.17, 15) is 13.2 Å². The first-order valence-corrected chi connectivity index (χ1v) is 7.21. The van der Waals surface area contributed by atoms with E-state index in [4.69, 9.17) is 15.9 Å². The fourth-order valence-corrected chi connectivity index (χ4v) is 1.74. The summed E-state index contributed by atoms with van der Waals surface area (Å²) in [4.78, 5) is 4.33. The average molecular weight is 471 g/mol. The molecule has 0 fully saturated rings. The normalized spacial score (nSPS) is 11.1. The number of nitrogens with one attached hydrogen (secondary N) is 2. The van der Waals surface area contributed by atoms with Crippen molar-refractivity contribution >= 4 is 29.9 Å². The van der Waals surface area contributed by atoms with Gasteiger partial charge in [-0.25, -0.2) is 4.99 Å². The summed E-state index contributed by atoms with van der Waals surface area (Å²) in [6.45, 7) is 1.85. The zero-order chi connectivity index (χ0) is 18.0. The fraction of sp³-hybridized carbons (Fsp3) is 0.438. The second kappa shape index (κ2) is 11.7. The van der Waals surface area contributed by atoms with E-state index >= 15 is 0 Å². The van der Waals surface area contributed by atoms with Gasteiger partial charge in [-0.05, 0) is 24.6 Å². The van der Waals surface area contributed by atoms with Gasteiger partial charge in [0.25, 0.3) is 0 Å². The molecule has 0 aromatic heterocycles. The molecule has 0 radical (unpaired) electrons. The molecule has 0 aliphatic carbocycles. The number of terminal acetylenes is 1. The third-order valence-electron chi connectivity index (χ3n) is 2.74. The molecule has 0 spiro atoms. The smallest absolute Gasteiger partial charge is 0.422 e. The van der Waals surface area contributed by atoms with Crippen LogP contribution in [0.2, 0.25) is 0 Å². The summed E-state index contributed by atoms with van der Waals surface area (Å²) in [5, 5.41) is 5.97. The van der Waals surface area contributed by atoms with E-state index < -0.39 is 12.8 Å². The summed E-state index contributed by atoms with van der Waals surface area (Å²) in [5.41, 5.74) is 0.754. The molecule has 0 heterocycles. The van der Waals surface area contributed by atoms with Crippen LogP contribution in [0.15, 0.2) is 23.2 Å². The summed E-state index contributed by atoms with van der Waals surface area (Å²) in [5.74, 6) is 3.24. The van der Waals surface area contributed by atoms with Crippen LogP contribution in [0.3, 0.4) is 0 Å². The maximum absolute atomic E-state index is 12.2. The molecule has 1 rings (SSSR count). The molecule has 0 amide bonds. The molecular weight excluding hydrogens is 450 g/mol. The van der Waals surface area contributed by atoms with Crippen LogP contribution in [0.25, 0.3) is 0 Å². The highest BCUT2D eigenvalue weighted by molar-refractivity contribution is 14.0. The first-order chi connectivity index (χ1) is 11.4. The lowest BCUT2D eigenvalue weighted by Gasteiger charge is -2.13. The van der Waals surface area contributed by atoms with E-state index in [0.717, 1.165) is 5.56 Å². The monoisotopic (exact) mass is 471 g/mol. The molecule has 0 saturated heterocycles. The van der Waals surface area contributed by atoms with Gasteiger partial charge in [0.2, 0.25) is 0 Å². The largest absolute Gasteiger partial charge is 0.493 e. The Balaban J connectivity index is 0.00000576. The molecule has 1 aromatic rings. The minimum atomic E-state index is -4.41. The quantitative estimate of drug-likeness (QED) is 0.278. The zero-order valence-electron chi connectivity index (χ0n) is 13.9. The Bertz CT molecular complexity index is 601. The number of hydrogen-bond donors (Lipinski definition) is 2. The lowest BCUT2D eigenvalue weighted by atomic mass is 10.2. The second-order valence-electron chi connectivity index (χ2n) is 4.64. The van der Waals surface area contributed by atoms with Crippen LogP contribution in [0.1, 0.15) is 12.5 Å². The van der Waals surface area contributed by atoms with Crippen LogP contribution in [0, 0.1) is 12.3 Å². The fourth-order valence-electron chi connectivity index (χ4n) is 1.74. The van der Waals surface area contributed by atoms with E-state index in [2.05, 4.69) is 21.5 Å². The van der Waals surface area contributed by atoms with Crippen LogP contribution in [0.4, 0.5) is 13.2 Å². The van der Waals surface area contributed by atoms with Gasteiger partial charge in [-0.15, -0.1) is 30.4 Å². The van der Waals surface area contributed by atoms with Gasteiger partial charge in [0.05, 0.1) is 20.2 Å². The minimum Gasteiger partial charge on any atom is -0.493 e. The summed E-state index contributed by atoms with van der Waals surface area (Å²) in [7, 11) is 1.36. The molecule has 0 unspecified atom stereocenters. The topological polar surface area (TPSA) is 54.9 Å². The number of alkyl halides is 3. The van der Waals surface area contributed by atoms with E-state index in [0.29, 0.717) is 25.6 Å². The van der Waals surface area contributed by atoms with Gasteiger partial charge < -0.3 is 20.1 Å². The molecule has 140 valence electrons. The van der Waals surface area contributed by atoms with Gasteiger partial charge >= 0.3 is 6.18 Å². The Labute approximate surface area is 162 Å². The van der Waals surface area contributed by atoms with Crippen LogP contribution in [-0.2, 0) is 6.54 Å². The van der Waals surface area contributed by atoms with E-state index in [-0.39, 0.29) is 35.5 Å². The SMILES string of the molecule is C#CCNC(=NCc1ccc(OCC(F)(F)F)c(OC)c1)NCC.I. The van der Waals surface area contributed by atoms with Gasteiger partial charge in [-0.3, -0.25) is 0 Å². The number of guanidine groups is 1. The lowest BCUT2D eigenvalue weighted by molar-refractivity contribution is -0.153. The van der Waals surface area contributed by atoms with Gasteiger partial charge in [0, 0.05) is 6.54 Å². The van der Waals surface area contributed by atoms with Crippen LogP contribution >= 0.6 is 24.0 Å². The molecule has 0 atom stereocenters. The van der Waals surface area contributed by atoms with E-state index in [1.165, 1.54) is 13.2 Å². The Hall–Kier alpha value is -1.83. The Morgan fingerprint density at radius 3 is 2.56 bits per heavy atom. The highest BCUT2D eigenvalue weighted by Crippen LogP contribution is 2.30. The molecule has 0 aliphatic rings. The van der Waals surface area contributed by atoms with E-state index in [1.54, 1.807) is 12.1 Å². The summed E-state index contributed by atoms with van der Waals surface area (Å²) in [6, 6.07) is 4.64. The maximum atomic E-state index is 12.2. The molecule has 1 aromatic carbocycles. The highest BCUT2D eigenvalue weighted by atomic mass is 127. The standard InChI is InChI=1S/C16H20F3N3O2.HI/c1-4-8-21-15(20-5-2)22-10-12-6-7-13(14(9-12)23-3)24-11-16(17,18)19;/h1,6-7,9H,5,8,10-11H2,2-3H3,(H2,20,21,22);1H. The number of rotatable bonds is 7. The van der Waals surface area contributed by atoms with Gasteiger partial charge in [0.15, 0.2) is 24.1 Å². The van der Waals surface area contributed by atoms with Crippen molar-refractivity contribution in [2.75, 3.05) is 26.8 Å². The van der Waals surface area contributed by atoms with Crippen molar-refractivity contribution in [1.82, 2.24) is 10.6 Å². The summed E-state index contributed by atoms with van der Waals surface area (Å²) >= 11 is 0. The average Bonchev–Trinajstić information content (AvgIpc) is 2.55. The number of methoxy groups -OCH3 is 1. The number of hydrogen-bond acceptors (Lipinski definition) is 3. The maximum Gasteiger partial charge on any atom is 0.422 e. The number of nitrogens with zero attached hydrogens (tertiary/aromatic N) is 1. The first-order valence-electron chi connectivity index (χ1n) is 7.21. The van der Waals surface area contributed by atoms with Crippen molar-refractivity contribution in [2.45, 2.75) is 19.6 Å². The summed E-state index contributed by atoms with van der Waals surface area (Å²) in [6.07, 6.45) is 0.783. The predicted octanol–water partition coefficient (Wildman–Crippen LogP) is 2.94. The van der Waals surface area contributed by atoms with Crippen LogP contribution in [0.5, 0.6) is 11.5 Å². The Morgan fingerprint density at radius 2 is 2.00 bits per heavy atom. The molecular formula is C16H21F3IN3O2. The third-order valence-corrected chi connectivity index (χ3v) is 2.74. The van der Waals surface area contributed by atoms with Gasteiger partial charge in [-0.2, -0.15) is 13.2 Å². The number of benzene rings is 1. The second-order valence-corrected chi connectivity index (χ2v) is 4.64. The van der Waals surface area contributed by atoms with Crippen molar-refractivity contribution in [2.24, 2.45) is 4.99 Å². The Morgan fingerprint density at radius 1 is 1.28 bits per heavy atom. The van der Waals surface area contributed by atoms with Gasteiger partial charge in [0.1, 0.15) is 0 Å². The Kier molecular flexibility index (Phi) is 10.8. The lowest BCUT2D eigenvalue weighted by Crippen LogP contribution is -2.37. The van der Waals surface area contributed by atoms with Crippen LogP contribution in [-0.4, -0.2) is 38.9 Å². The van der Waals surface area contributed by atoms with Crippen molar-refractivity contribution in [1.29, 1.82) is 0 Å². The zero-order valence-corrected chi connectivity index (χ0v) is 16.3. The molecule has 0 bridgehead atoms. The number of aliphatic imine (C=N–C) groups is 1. The molecule has 9 heteroatoms.